The molecule has 2 rings (SSSR count). The van der Waals surface area contributed by atoms with Crippen molar-refractivity contribution in [3.8, 4) is 6.07 Å². The fourth-order valence-corrected chi connectivity index (χ4v) is 2.33. The van der Waals surface area contributed by atoms with Gasteiger partial charge in [0.15, 0.2) is 0 Å². The van der Waals surface area contributed by atoms with Gasteiger partial charge in [-0.3, -0.25) is 9.59 Å². The van der Waals surface area contributed by atoms with E-state index < -0.39 is 10.9 Å². The Bertz CT molecular complexity index is 837. The van der Waals surface area contributed by atoms with Crippen molar-refractivity contribution in [1.82, 2.24) is 0 Å². The highest BCUT2D eigenvalue weighted by atomic mass is 16.2. The minimum absolute atomic E-state index is 0.254. The average Bonchev–Trinajstić information content (AvgIpc) is 2.52. The van der Waals surface area contributed by atoms with Gasteiger partial charge < -0.3 is 10.6 Å². The molecule has 0 bridgehead atoms. The molecule has 0 saturated carbocycles. The molecular weight excluding hydrogens is 290 g/mol. The molecule has 0 aromatic heterocycles. The summed E-state index contributed by atoms with van der Waals surface area (Å²) in [6.07, 6.45) is 0.828. The van der Waals surface area contributed by atoms with Gasteiger partial charge in [-0.25, -0.2) is 0 Å². The topological polar surface area (TPSA) is 82.0 Å². The van der Waals surface area contributed by atoms with E-state index >= 15 is 0 Å². The van der Waals surface area contributed by atoms with Crippen LogP contribution in [0.15, 0.2) is 27.8 Å². The van der Waals surface area contributed by atoms with Gasteiger partial charge in [-0.2, -0.15) is 5.26 Å². The molecule has 2 N–H and O–H groups in total. The van der Waals surface area contributed by atoms with Crippen molar-refractivity contribution < 1.29 is 0 Å². The van der Waals surface area contributed by atoms with Gasteiger partial charge in [0.2, 0.25) is 0 Å². The molecule has 0 unspecified atom stereocenters. The van der Waals surface area contributed by atoms with Crippen molar-refractivity contribution >= 4 is 11.4 Å². The molecule has 5 nitrogen and oxygen atoms in total. The number of rotatable bonds is 6. The SMILES string of the molecule is CCC(C)(C)Nc1c(NCc2cc(C)cc(C#N)c2)c(=O)c1=O. The predicted octanol–water partition coefficient (Wildman–Crippen LogP) is 2.68. The molecule has 0 heterocycles. The van der Waals surface area contributed by atoms with Crippen LogP contribution in [0.1, 0.15) is 43.9 Å². The first-order valence-electron chi connectivity index (χ1n) is 7.63. The van der Waals surface area contributed by atoms with Gasteiger partial charge >= 0.3 is 0 Å². The minimum Gasteiger partial charge on any atom is -0.376 e. The maximum Gasteiger partial charge on any atom is 0.253 e. The molecule has 0 aliphatic rings. The van der Waals surface area contributed by atoms with Crippen LogP contribution < -0.4 is 21.5 Å². The molecule has 120 valence electrons. The highest BCUT2D eigenvalue weighted by molar-refractivity contribution is 5.74. The van der Waals surface area contributed by atoms with Crippen LogP contribution in [0.3, 0.4) is 0 Å². The largest absolute Gasteiger partial charge is 0.376 e. The van der Waals surface area contributed by atoms with Gasteiger partial charge in [0, 0.05) is 12.1 Å². The number of nitriles is 1. The molecule has 0 aliphatic carbocycles. The highest BCUT2D eigenvalue weighted by Gasteiger charge is 2.25. The lowest BCUT2D eigenvalue weighted by molar-refractivity contribution is 0.546. The summed E-state index contributed by atoms with van der Waals surface area (Å²) >= 11 is 0. The Morgan fingerprint density at radius 2 is 1.78 bits per heavy atom. The fourth-order valence-electron chi connectivity index (χ4n) is 2.33. The summed E-state index contributed by atoms with van der Waals surface area (Å²) in [4.78, 5) is 23.6. The van der Waals surface area contributed by atoms with Gasteiger partial charge in [0.25, 0.3) is 10.9 Å². The van der Waals surface area contributed by atoms with E-state index in [0.717, 1.165) is 17.5 Å². The Balaban J connectivity index is 2.18. The fraction of sp³-hybridized carbons (Fsp3) is 0.389. The van der Waals surface area contributed by atoms with Crippen molar-refractivity contribution in [1.29, 1.82) is 5.26 Å². The third-order valence-electron chi connectivity index (χ3n) is 3.99. The molecule has 0 fully saturated rings. The summed E-state index contributed by atoms with van der Waals surface area (Å²) < 4.78 is 0. The summed E-state index contributed by atoms with van der Waals surface area (Å²) in [5, 5.41) is 15.2. The first-order valence-corrected chi connectivity index (χ1v) is 7.63. The van der Waals surface area contributed by atoms with Crippen molar-refractivity contribution in [2.75, 3.05) is 10.6 Å². The van der Waals surface area contributed by atoms with Crippen LogP contribution in [0.2, 0.25) is 0 Å². The zero-order valence-electron chi connectivity index (χ0n) is 13.9. The summed E-state index contributed by atoms with van der Waals surface area (Å²) in [5.74, 6) is 0. The van der Waals surface area contributed by atoms with Crippen LogP contribution in [0, 0.1) is 18.3 Å². The molecule has 23 heavy (non-hydrogen) atoms. The molecular formula is C18H21N3O2. The number of hydrogen-bond donors (Lipinski definition) is 2. The first kappa shape index (κ1) is 16.8. The lowest BCUT2D eigenvalue weighted by atomic mass is 10.00. The zero-order valence-corrected chi connectivity index (χ0v) is 13.9. The van der Waals surface area contributed by atoms with Crippen molar-refractivity contribution in [3.05, 3.63) is 55.3 Å². The Kier molecular flexibility index (Phi) is 4.55. The second-order valence-electron chi connectivity index (χ2n) is 6.44. The Morgan fingerprint density at radius 3 is 2.39 bits per heavy atom. The molecule has 0 spiro atoms. The van der Waals surface area contributed by atoms with Gasteiger partial charge in [-0.1, -0.05) is 13.0 Å². The molecule has 2 aromatic carbocycles. The quantitative estimate of drug-likeness (QED) is 0.802. The van der Waals surface area contributed by atoms with E-state index in [2.05, 4.69) is 16.7 Å². The average molecular weight is 311 g/mol. The van der Waals surface area contributed by atoms with Gasteiger partial charge in [-0.05, 0) is 50.5 Å². The lowest BCUT2D eigenvalue weighted by Crippen LogP contribution is -2.42. The van der Waals surface area contributed by atoms with E-state index in [4.69, 9.17) is 5.26 Å². The van der Waals surface area contributed by atoms with E-state index in [-0.39, 0.29) is 5.54 Å². The monoisotopic (exact) mass is 311 g/mol. The minimum atomic E-state index is -0.493. The third kappa shape index (κ3) is 3.59. The summed E-state index contributed by atoms with van der Waals surface area (Å²) in [6.45, 7) is 8.28. The maximum absolute atomic E-state index is 11.8. The summed E-state index contributed by atoms with van der Waals surface area (Å²) in [6, 6.07) is 7.64. The van der Waals surface area contributed by atoms with Gasteiger partial charge in [0.1, 0.15) is 11.4 Å². The predicted molar refractivity (Wildman–Crippen MR) is 92.6 cm³/mol. The van der Waals surface area contributed by atoms with E-state index in [1.807, 2.05) is 33.8 Å². The molecule has 5 heteroatoms. The summed E-state index contributed by atoms with van der Waals surface area (Å²) in [7, 11) is 0. The van der Waals surface area contributed by atoms with Crippen molar-refractivity contribution in [3.63, 3.8) is 0 Å². The number of nitrogens with zero attached hydrogens (tertiary/aromatic N) is 1. The van der Waals surface area contributed by atoms with E-state index in [1.165, 1.54) is 0 Å². The number of hydrogen-bond acceptors (Lipinski definition) is 5. The molecule has 0 amide bonds. The number of anilines is 2. The van der Waals surface area contributed by atoms with Crippen molar-refractivity contribution in [2.45, 2.75) is 46.2 Å². The van der Waals surface area contributed by atoms with Crippen LogP contribution >= 0.6 is 0 Å². The second-order valence-corrected chi connectivity index (χ2v) is 6.44. The smallest absolute Gasteiger partial charge is 0.253 e. The molecule has 0 atom stereocenters. The number of nitrogens with one attached hydrogen (secondary N) is 2. The van der Waals surface area contributed by atoms with Crippen LogP contribution in [0.5, 0.6) is 0 Å². The van der Waals surface area contributed by atoms with Crippen LogP contribution in [-0.2, 0) is 6.54 Å². The molecule has 0 aliphatic heterocycles. The molecule has 0 radical (unpaired) electrons. The van der Waals surface area contributed by atoms with Crippen LogP contribution in [0.4, 0.5) is 11.4 Å². The first-order chi connectivity index (χ1) is 10.8. The van der Waals surface area contributed by atoms with Gasteiger partial charge in [-0.15, -0.1) is 0 Å². The lowest BCUT2D eigenvalue weighted by Gasteiger charge is -2.27. The Morgan fingerprint density at radius 1 is 1.13 bits per heavy atom. The second kappa shape index (κ2) is 6.25. The number of benzene rings is 1. The van der Waals surface area contributed by atoms with Gasteiger partial charge in [0.05, 0.1) is 11.6 Å². The van der Waals surface area contributed by atoms with E-state index in [1.54, 1.807) is 12.1 Å². The van der Waals surface area contributed by atoms with E-state index in [0.29, 0.717) is 23.5 Å². The maximum atomic E-state index is 11.8. The van der Waals surface area contributed by atoms with E-state index in [9.17, 15) is 9.59 Å². The number of aryl methyl sites for hydroxylation is 1. The van der Waals surface area contributed by atoms with Crippen molar-refractivity contribution in [2.24, 2.45) is 0 Å². The van der Waals surface area contributed by atoms with Crippen LogP contribution in [-0.4, -0.2) is 5.54 Å². The standard InChI is InChI=1S/C18H21N3O2/c1-5-18(3,4)21-15-14(16(22)17(15)23)20-10-13-7-11(2)6-12(8-13)9-19/h6-8,20-21H,5,10H2,1-4H3. The third-order valence-corrected chi connectivity index (χ3v) is 3.99. The normalized spacial score (nSPS) is 11.3. The molecule has 2 aromatic rings. The van der Waals surface area contributed by atoms with Crippen LogP contribution in [0.25, 0.3) is 0 Å². The highest BCUT2D eigenvalue weighted by Crippen LogP contribution is 2.22. The molecule has 0 saturated heterocycles. The zero-order chi connectivity index (χ0) is 17.2. The summed E-state index contributed by atoms with van der Waals surface area (Å²) in [5.41, 5.74) is 1.93. The Hall–Kier alpha value is -2.61. The Labute approximate surface area is 135 Å².